The number of halogens is 1. The van der Waals surface area contributed by atoms with Crippen LogP contribution in [0.1, 0.15) is 41.9 Å². The van der Waals surface area contributed by atoms with Crippen molar-refractivity contribution in [2.45, 2.75) is 32.9 Å². The third-order valence-electron chi connectivity index (χ3n) is 4.96. The monoisotopic (exact) mass is 482 g/mol. The summed E-state index contributed by atoms with van der Waals surface area (Å²) in [6, 6.07) is 9.89. The summed E-state index contributed by atoms with van der Waals surface area (Å²) in [6.07, 6.45) is 1.15. The van der Waals surface area contributed by atoms with E-state index in [1.54, 1.807) is 30.3 Å². The highest BCUT2D eigenvalue weighted by atomic mass is 35.5. The summed E-state index contributed by atoms with van der Waals surface area (Å²) >= 11 is 6.15. The minimum atomic E-state index is -0.933. The molecule has 0 aliphatic rings. The number of benzene rings is 1. The molecule has 3 aromatic rings. The maximum Gasteiger partial charge on any atom is 0.339 e. The lowest BCUT2D eigenvalue weighted by Gasteiger charge is -2.12. The summed E-state index contributed by atoms with van der Waals surface area (Å²) in [4.78, 5) is 25.2. The molecule has 0 saturated heterocycles. The molecule has 9 heteroatoms. The van der Waals surface area contributed by atoms with Gasteiger partial charge in [0.1, 0.15) is 23.2 Å². The smallest absolute Gasteiger partial charge is 0.339 e. The van der Waals surface area contributed by atoms with Gasteiger partial charge in [0.25, 0.3) is 5.56 Å². The Balaban J connectivity index is 2.09. The molecule has 176 valence electrons. The molecule has 0 aliphatic carbocycles. The molecule has 34 heavy (non-hydrogen) atoms. The van der Waals surface area contributed by atoms with E-state index in [0.717, 1.165) is 4.57 Å². The lowest BCUT2D eigenvalue weighted by Crippen LogP contribution is -2.46. The number of esters is 1. The van der Waals surface area contributed by atoms with E-state index in [4.69, 9.17) is 20.8 Å². The van der Waals surface area contributed by atoms with E-state index >= 15 is 0 Å². The highest BCUT2D eigenvalue weighted by Crippen LogP contribution is 2.27. The van der Waals surface area contributed by atoms with Crippen molar-refractivity contribution in [2.75, 3.05) is 6.61 Å². The summed E-state index contributed by atoms with van der Waals surface area (Å²) in [5.41, 5.74) is -0.0379. The van der Waals surface area contributed by atoms with Gasteiger partial charge >= 0.3 is 5.97 Å². The van der Waals surface area contributed by atoms with Gasteiger partial charge in [-0.25, -0.2) is 4.79 Å². The normalized spacial score (nSPS) is 12.4. The zero-order valence-electron chi connectivity index (χ0n) is 18.7. The van der Waals surface area contributed by atoms with Gasteiger partial charge < -0.3 is 19.4 Å². The van der Waals surface area contributed by atoms with Crippen LogP contribution in [-0.2, 0) is 11.3 Å². The Morgan fingerprint density at radius 3 is 2.76 bits per heavy atom. The number of rotatable bonds is 7. The molecule has 0 fully saturated rings. The Labute approximate surface area is 200 Å². The second kappa shape index (κ2) is 10.4. The van der Waals surface area contributed by atoms with E-state index in [1.165, 1.54) is 13.0 Å². The lowest BCUT2D eigenvalue weighted by molar-refractivity contribution is 0.0505. The molecule has 0 saturated carbocycles. The minimum absolute atomic E-state index is 0.0378. The van der Waals surface area contributed by atoms with E-state index in [2.05, 4.69) is 6.58 Å². The van der Waals surface area contributed by atoms with Gasteiger partial charge in [-0.3, -0.25) is 9.36 Å². The molecule has 1 atom stereocenters. The highest BCUT2D eigenvalue weighted by molar-refractivity contribution is 6.33. The molecule has 2 heterocycles. The Bertz CT molecular complexity index is 1450. The summed E-state index contributed by atoms with van der Waals surface area (Å²) in [7, 11) is 0. The average Bonchev–Trinajstić information content (AvgIpc) is 3.27. The third kappa shape index (κ3) is 5.06. The second-order valence-corrected chi connectivity index (χ2v) is 8.05. The number of pyridine rings is 1. The Morgan fingerprint density at radius 2 is 2.12 bits per heavy atom. The number of furan rings is 1. The molecule has 0 bridgehead atoms. The van der Waals surface area contributed by atoms with Gasteiger partial charge in [-0.15, -0.1) is 0 Å². The number of nitriles is 1. The first-order valence-electron chi connectivity index (χ1n) is 10.5. The number of aromatic hydroxyl groups is 1. The van der Waals surface area contributed by atoms with Crippen molar-refractivity contribution in [2.24, 2.45) is 0 Å². The molecule has 1 aromatic carbocycles. The molecule has 0 amide bonds. The predicted octanol–water partition coefficient (Wildman–Crippen LogP) is 2.53. The number of aliphatic hydroxyl groups is 1. The Kier molecular flexibility index (Phi) is 7.61. The molecule has 2 aromatic heterocycles. The van der Waals surface area contributed by atoms with E-state index in [1.807, 2.05) is 13.0 Å². The number of carbonyl (C=O) groups excluding carboxylic acids is 1. The fourth-order valence-corrected chi connectivity index (χ4v) is 3.51. The quantitative estimate of drug-likeness (QED) is 0.495. The summed E-state index contributed by atoms with van der Waals surface area (Å²) in [5.74, 6) is -0.415. The number of ether oxygens (including phenoxy) is 1. The number of hydrogen-bond donors (Lipinski definition) is 2. The number of aliphatic hydroxyl groups excluding tert-OH is 1. The van der Waals surface area contributed by atoms with Crippen LogP contribution in [0.5, 0.6) is 5.88 Å². The molecule has 0 radical (unpaired) electrons. The largest absolute Gasteiger partial charge is 0.493 e. The van der Waals surface area contributed by atoms with Crippen LogP contribution >= 0.6 is 11.6 Å². The van der Waals surface area contributed by atoms with Crippen molar-refractivity contribution in [1.82, 2.24) is 4.57 Å². The van der Waals surface area contributed by atoms with Gasteiger partial charge in [-0.2, -0.15) is 5.26 Å². The molecular formula is C25H23ClN2O6. The fourth-order valence-electron chi connectivity index (χ4n) is 3.31. The molecular weight excluding hydrogens is 460 g/mol. The van der Waals surface area contributed by atoms with Crippen molar-refractivity contribution in [1.29, 1.82) is 5.26 Å². The second-order valence-electron chi connectivity index (χ2n) is 7.64. The standard InChI is InChI=1S/C25H23ClN2O6/c1-4-9-33-25(32)19-10-16(5-7-21(19)26)22-8-6-17(34-22)11-18-15(3)20(12-27)24(31)28(23(18)30)13-14(2)29/h5-8,10-11,14,29,31H,3-4,9,13H2,1-2H3/b18-11+. The zero-order chi connectivity index (χ0) is 25.0. The van der Waals surface area contributed by atoms with Crippen molar-refractivity contribution >= 4 is 30.2 Å². The lowest BCUT2D eigenvalue weighted by atomic mass is 10.1. The van der Waals surface area contributed by atoms with Gasteiger partial charge in [-0.05, 0) is 49.8 Å². The third-order valence-corrected chi connectivity index (χ3v) is 5.29. The van der Waals surface area contributed by atoms with Crippen LogP contribution in [0.3, 0.4) is 0 Å². The highest BCUT2D eigenvalue weighted by Gasteiger charge is 2.16. The Hall–Kier alpha value is -3.80. The molecule has 1 unspecified atom stereocenters. The first-order chi connectivity index (χ1) is 16.2. The van der Waals surface area contributed by atoms with E-state index in [-0.39, 0.29) is 45.5 Å². The van der Waals surface area contributed by atoms with E-state index < -0.39 is 23.5 Å². The van der Waals surface area contributed by atoms with Gasteiger partial charge in [0.2, 0.25) is 5.88 Å². The zero-order valence-corrected chi connectivity index (χ0v) is 19.4. The van der Waals surface area contributed by atoms with Crippen LogP contribution in [0.2, 0.25) is 5.02 Å². The number of carbonyl (C=O) groups is 1. The van der Waals surface area contributed by atoms with Crippen LogP contribution in [-0.4, -0.2) is 33.5 Å². The first kappa shape index (κ1) is 24.8. The van der Waals surface area contributed by atoms with Crippen molar-refractivity contribution < 1.29 is 24.2 Å². The van der Waals surface area contributed by atoms with E-state index in [0.29, 0.717) is 17.7 Å². The number of hydrogen-bond acceptors (Lipinski definition) is 7. The van der Waals surface area contributed by atoms with Gasteiger partial charge in [0, 0.05) is 10.8 Å². The molecule has 0 spiro atoms. The fraction of sp³-hybridized carbons (Fsp3) is 0.240. The van der Waals surface area contributed by atoms with Gasteiger partial charge in [0.15, 0.2) is 0 Å². The predicted molar refractivity (Wildman–Crippen MR) is 127 cm³/mol. The van der Waals surface area contributed by atoms with Crippen LogP contribution < -0.4 is 16.0 Å². The van der Waals surface area contributed by atoms with Crippen molar-refractivity contribution in [3.8, 4) is 23.3 Å². The first-order valence-corrected chi connectivity index (χ1v) is 10.9. The topological polar surface area (TPSA) is 126 Å². The summed E-state index contributed by atoms with van der Waals surface area (Å²) in [5, 5.41) is 29.7. The van der Waals surface area contributed by atoms with Crippen LogP contribution in [0.15, 0.2) is 39.5 Å². The van der Waals surface area contributed by atoms with E-state index in [9.17, 15) is 25.1 Å². The molecule has 3 rings (SSSR count). The molecule has 2 N–H and O–H groups in total. The van der Waals surface area contributed by atoms with Crippen molar-refractivity contribution in [3.63, 3.8) is 0 Å². The molecule has 0 aliphatic heterocycles. The van der Waals surface area contributed by atoms with Gasteiger partial charge in [-0.1, -0.05) is 25.1 Å². The Morgan fingerprint density at radius 1 is 1.38 bits per heavy atom. The molecule has 8 nitrogen and oxygen atoms in total. The van der Waals surface area contributed by atoms with Crippen molar-refractivity contribution in [3.05, 3.63) is 73.0 Å². The van der Waals surface area contributed by atoms with Gasteiger partial charge in [0.05, 0.1) is 35.1 Å². The maximum absolute atomic E-state index is 12.9. The summed E-state index contributed by atoms with van der Waals surface area (Å²) in [6.45, 7) is 7.17. The number of nitrogens with zero attached hydrogens (tertiary/aromatic N) is 2. The maximum atomic E-state index is 12.9. The summed E-state index contributed by atoms with van der Waals surface area (Å²) < 4.78 is 11.9. The van der Waals surface area contributed by atoms with Crippen LogP contribution in [0.25, 0.3) is 24.0 Å². The van der Waals surface area contributed by atoms with Crippen LogP contribution in [0.4, 0.5) is 0 Å². The van der Waals surface area contributed by atoms with Crippen LogP contribution in [0, 0.1) is 11.3 Å². The minimum Gasteiger partial charge on any atom is -0.493 e. The number of aromatic nitrogens is 1. The average molecular weight is 483 g/mol. The SMILES string of the molecule is C=c1c(C#N)c(O)n(CC(C)O)c(=O)/c1=C/c1ccc(-c2ccc(Cl)c(C(=O)OCCC)c2)o1.